The molecule has 0 radical (unpaired) electrons. The van der Waals surface area contributed by atoms with Crippen molar-refractivity contribution in [3.63, 3.8) is 0 Å². The SMILES string of the molecule is CC(C)COc1ccc(-c2nonc2NC(=O)[C@H](C)Oc2ccc(F)cc2)cc1. The average Bonchev–Trinajstić information content (AvgIpc) is 3.16. The van der Waals surface area contributed by atoms with Crippen molar-refractivity contribution in [1.29, 1.82) is 0 Å². The number of benzene rings is 2. The highest BCUT2D eigenvalue weighted by Crippen LogP contribution is 2.26. The van der Waals surface area contributed by atoms with Crippen molar-refractivity contribution >= 4 is 11.7 Å². The summed E-state index contributed by atoms with van der Waals surface area (Å²) >= 11 is 0. The minimum atomic E-state index is -0.836. The fraction of sp³-hybridized carbons (Fsp3) is 0.286. The number of carbonyl (C=O) groups excluding carboxylic acids is 1. The minimum absolute atomic E-state index is 0.181. The molecular formula is C21H22FN3O4. The third kappa shape index (κ3) is 5.54. The van der Waals surface area contributed by atoms with E-state index in [1.54, 1.807) is 6.92 Å². The number of ether oxygens (including phenoxy) is 2. The van der Waals surface area contributed by atoms with Crippen LogP contribution in [0.25, 0.3) is 11.3 Å². The minimum Gasteiger partial charge on any atom is -0.493 e. The molecule has 152 valence electrons. The zero-order valence-electron chi connectivity index (χ0n) is 16.4. The summed E-state index contributed by atoms with van der Waals surface area (Å²) in [5, 5.41) is 10.3. The molecule has 1 amide bonds. The Hall–Kier alpha value is -3.42. The van der Waals surface area contributed by atoms with Gasteiger partial charge in [0.2, 0.25) is 5.82 Å². The van der Waals surface area contributed by atoms with Crippen molar-refractivity contribution in [1.82, 2.24) is 10.3 Å². The number of hydrogen-bond donors (Lipinski definition) is 1. The van der Waals surface area contributed by atoms with E-state index in [1.165, 1.54) is 24.3 Å². The van der Waals surface area contributed by atoms with Gasteiger partial charge >= 0.3 is 0 Å². The smallest absolute Gasteiger partial charge is 0.266 e. The lowest BCUT2D eigenvalue weighted by Gasteiger charge is -2.14. The van der Waals surface area contributed by atoms with Crippen molar-refractivity contribution in [2.45, 2.75) is 26.9 Å². The first-order valence-electron chi connectivity index (χ1n) is 9.21. The number of amides is 1. The summed E-state index contributed by atoms with van der Waals surface area (Å²) in [6.07, 6.45) is -0.836. The number of hydrogen-bond acceptors (Lipinski definition) is 6. The second-order valence-corrected chi connectivity index (χ2v) is 6.89. The maximum atomic E-state index is 13.0. The van der Waals surface area contributed by atoms with Crippen molar-refractivity contribution in [2.24, 2.45) is 5.92 Å². The maximum Gasteiger partial charge on any atom is 0.266 e. The Morgan fingerprint density at radius 2 is 1.69 bits per heavy atom. The van der Waals surface area contributed by atoms with Crippen LogP contribution in [0.5, 0.6) is 11.5 Å². The molecule has 29 heavy (non-hydrogen) atoms. The summed E-state index contributed by atoms with van der Waals surface area (Å²) in [7, 11) is 0. The van der Waals surface area contributed by atoms with Gasteiger partial charge < -0.3 is 14.8 Å². The number of anilines is 1. The topological polar surface area (TPSA) is 86.5 Å². The van der Waals surface area contributed by atoms with Crippen LogP contribution < -0.4 is 14.8 Å². The summed E-state index contributed by atoms with van der Waals surface area (Å²) in [5.74, 6) is 0.905. The van der Waals surface area contributed by atoms with Gasteiger partial charge in [-0.15, -0.1) is 0 Å². The number of rotatable bonds is 8. The molecule has 1 aromatic heterocycles. The van der Waals surface area contributed by atoms with Crippen molar-refractivity contribution in [2.75, 3.05) is 11.9 Å². The second-order valence-electron chi connectivity index (χ2n) is 6.89. The Morgan fingerprint density at radius 1 is 1.03 bits per heavy atom. The first-order chi connectivity index (χ1) is 13.9. The van der Waals surface area contributed by atoms with Crippen molar-refractivity contribution < 1.29 is 23.3 Å². The van der Waals surface area contributed by atoms with Gasteiger partial charge in [-0.3, -0.25) is 4.79 Å². The van der Waals surface area contributed by atoms with Crippen LogP contribution >= 0.6 is 0 Å². The van der Waals surface area contributed by atoms with Crippen molar-refractivity contribution in [3.05, 3.63) is 54.3 Å². The van der Waals surface area contributed by atoms with E-state index >= 15 is 0 Å². The lowest BCUT2D eigenvalue weighted by Crippen LogP contribution is -2.30. The van der Waals surface area contributed by atoms with Crippen LogP contribution in [0.1, 0.15) is 20.8 Å². The standard InChI is InChI=1S/C21H22FN3O4/c1-13(2)12-27-17-8-4-15(5-9-17)19-20(25-29-24-19)23-21(26)14(3)28-18-10-6-16(22)7-11-18/h4-11,13-14H,12H2,1-3H3,(H,23,25,26)/t14-/m0/s1. The van der Waals surface area contributed by atoms with E-state index in [-0.39, 0.29) is 11.6 Å². The highest BCUT2D eigenvalue weighted by Gasteiger charge is 2.20. The van der Waals surface area contributed by atoms with Crippen LogP contribution in [0.3, 0.4) is 0 Å². The quantitative estimate of drug-likeness (QED) is 0.607. The monoisotopic (exact) mass is 399 g/mol. The molecule has 2 aromatic carbocycles. The van der Waals surface area contributed by atoms with Crippen LogP contribution in [0.2, 0.25) is 0 Å². The molecule has 7 nitrogen and oxygen atoms in total. The second kappa shape index (κ2) is 9.18. The van der Waals surface area contributed by atoms with Crippen molar-refractivity contribution in [3.8, 4) is 22.8 Å². The Balaban J connectivity index is 1.64. The van der Waals surface area contributed by atoms with Gasteiger partial charge in [0.15, 0.2) is 11.8 Å². The van der Waals surface area contributed by atoms with E-state index in [0.29, 0.717) is 29.5 Å². The molecule has 0 spiro atoms. The molecule has 8 heteroatoms. The molecule has 0 saturated heterocycles. The highest BCUT2D eigenvalue weighted by molar-refractivity contribution is 5.95. The number of carbonyl (C=O) groups is 1. The number of halogens is 1. The summed E-state index contributed by atoms with van der Waals surface area (Å²) < 4.78 is 28.9. The van der Waals surface area contributed by atoms with Gasteiger partial charge in [0.05, 0.1) is 6.61 Å². The largest absolute Gasteiger partial charge is 0.493 e. The molecule has 0 aliphatic rings. The van der Waals surface area contributed by atoms with Gasteiger partial charge in [-0.05, 0) is 71.7 Å². The average molecular weight is 399 g/mol. The predicted octanol–water partition coefficient (Wildman–Crippen LogP) is 4.32. The summed E-state index contributed by atoms with van der Waals surface area (Å²) in [6, 6.07) is 12.7. The lowest BCUT2D eigenvalue weighted by molar-refractivity contribution is -0.122. The fourth-order valence-corrected chi connectivity index (χ4v) is 2.42. The molecule has 3 rings (SSSR count). The van der Waals surface area contributed by atoms with E-state index in [1.807, 2.05) is 24.3 Å². The van der Waals surface area contributed by atoms with E-state index in [9.17, 15) is 9.18 Å². The molecule has 0 unspecified atom stereocenters. The molecule has 3 aromatic rings. The van der Waals surface area contributed by atoms with Crippen LogP contribution in [-0.4, -0.2) is 28.9 Å². The molecule has 0 aliphatic heterocycles. The van der Waals surface area contributed by atoms with E-state index in [2.05, 4.69) is 29.5 Å². The van der Waals surface area contributed by atoms with Gasteiger partial charge in [0.25, 0.3) is 5.91 Å². The van der Waals surface area contributed by atoms with Gasteiger partial charge in [-0.2, -0.15) is 0 Å². The molecule has 1 atom stereocenters. The van der Waals surface area contributed by atoms with E-state index < -0.39 is 12.0 Å². The summed E-state index contributed by atoms with van der Waals surface area (Å²) in [6.45, 7) is 6.35. The Bertz CT molecular complexity index is 939. The normalized spacial score (nSPS) is 11.9. The third-order valence-electron chi connectivity index (χ3n) is 3.94. The molecule has 0 bridgehead atoms. The number of nitrogens with one attached hydrogen (secondary N) is 1. The van der Waals surface area contributed by atoms with E-state index in [4.69, 9.17) is 14.1 Å². The van der Waals surface area contributed by atoms with Crippen LogP contribution in [0.4, 0.5) is 10.2 Å². The number of aromatic nitrogens is 2. The molecule has 0 fully saturated rings. The summed E-state index contributed by atoms with van der Waals surface area (Å²) in [5.41, 5.74) is 1.10. The first-order valence-corrected chi connectivity index (χ1v) is 9.21. The third-order valence-corrected chi connectivity index (χ3v) is 3.94. The molecule has 1 N–H and O–H groups in total. The zero-order chi connectivity index (χ0) is 20.8. The van der Waals surface area contributed by atoms with Crippen LogP contribution in [-0.2, 0) is 4.79 Å². The Labute approximate surface area is 167 Å². The lowest BCUT2D eigenvalue weighted by atomic mass is 10.1. The Kier molecular flexibility index (Phi) is 6.43. The van der Waals surface area contributed by atoms with Gasteiger partial charge in [-0.1, -0.05) is 13.8 Å². The van der Waals surface area contributed by atoms with Gasteiger partial charge in [0, 0.05) is 5.56 Å². The molecule has 1 heterocycles. The number of nitrogens with zero attached hydrogens (tertiary/aromatic N) is 2. The van der Waals surface area contributed by atoms with Gasteiger partial charge in [-0.25, -0.2) is 9.02 Å². The first kappa shape index (κ1) is 20.3. The molecular weight excluding hydrogens is 377 g/mol. The van der Waals surface area contributed by atoms with Gasteiger partial charge in [0.1, 0.15) is 17.3 Å². The summed E-state index contributed by atoms with van der Waals surface area (Å²) in [4.78, 5) is 12.4. The maximum absolute atomic E-state index is 13.0. The molecule has 0 saturated carbocycles. The zero-order valence-corrected chi connectivity index (χ0v) is 16.4. The van der Waals surface area contributed by atoms with Crippen LogP contribution in [0.15, 0.2) is 53.2 Å². The Morgan fingerprint density at radius 3 is 2.34 bits per heavy atom. The van der Waals surface area contributed by atoms with E-state index in [0.717, 1.165) is 5.75 Å². The predicted molar refractivity (Wildman–Crippen MR) is 105 cm³/mol. The highest BCUT2D eigenvalue weighted by atomic mass is 19.1. The fourth-order valence-electron chi connectivity index (χ4n) is 2.42. The van der Waals surface area contributed by atoms with Crippen LogP contribution in [0, 0.1) is 11.7 Å². The molecule has 0 aliphatic carbocycles.